The number of nitrogen functional groups attached to an aromatic ring is 1. The first-order valence-electron chi connectivity index (χ1n) is 9.25. The Balaban J connectivity index is 0.000000861. The number of carbonyl (C=O) groups excluding carboxylic acids is 1. The number of amidine groups is 1. The molecule has 9 heteroatoms. The summed E-state index contributed by atoms with van der Waals surface area (Å²) in [6.07, 6.45) is 6.47. The number of rotatable bonds is 6. The lowest BCUT2D eigenvalue weighted by Gasteiger charge is -2.19. The predicted molar refractivity (Wildman–Crippen MR) is 125 cm³/mol. The smallest absolute Gasteiger partial charge is 0.221 e. The van der Waals surface area contributed by atoms with Crippen LogP contribution in [0.1, 0.15) is 19.4 Å². The third-order valence-corrected chi connectivity index (χ3v) is 3.85. The number of carbonyl (C=O) groups is 1. The van der Waals surface area contributed by atoms with Gasteiger partial charge in [-0.15, -0.1) is 0 Å². The molecule has 2 rings (SSSR count). The van der Waals surface area contributed by atoms with Crippen LogP contribution >= 0.6 is 0 Å². The van der Waals surface area contributed by atoms with E-state index in [-0.39, 0.29) is 11.7 Å². The molecule has 1 aromatic carbocycles. The Morgan fingerprint density at radius 3 is 2.42 bits per heavy atom. The first kappa shape index (κ1) is 25.1. The van der Waals surface area contributed by atoms with Gasteiger partial charge in [-0.1, -0.05) is 37.4 Å². The number of allylic oxidation sites excluding steroid dienone is 3. The summed E-state index contributed by atoms with van der Waals surface area (Å²) in [5.41, 5.74) is 8.98. The summed E-state index contributed by atoms with van der Waals surface area (Å²) in [7, 11) is 0. The van der Waals surface area contributed by atoms with E-state index in [2.05, 4.69) is 28.6 Å². The second-order valence-corrected chi connectivity index (χ2v) is 6.24. The molecular formula is C22H28FN7O. The second kappa shape index (κ2) is 12.6. The van der Waals surface area contributed by atoms with E-state index in [0.717, 1.165) is 17.2 Å². The van der Waals surface area contributed by atoms with Gasteiger partial charge in [-0.05, 0) is 36.8 Å². The minimum atomic E-state index is -0.481. The lowest BCUT2D eigenvalue weighted by atomic mass is 10.0. The molecule has 0 spiro atoms. The Kier molecular flexibility index (Phi) is 10.1. The summed E-state index contributed by atoms with van der Waals surface area (Å²) in [6.45, 7) is 9.77. The summed E-state index contributed by atoms with van der Waals surface area (Å²) in [5, 5.41) is 7.90. The van der Waals surface area contributed by atoms with Gasteiger partial charge in [0.05, 0.1) is 12.1 Å². The first-order valence-corrected chi connectivity index (χ1v) is 9.25. The first-order chi connectivity index (χ1) is 14.7. The summed E-state index contributed by atoms with van der Waals surface area (Å²) in [5.74, 6) is 11.6. The standard InChI is InChI=1S/C18H23N7O.C4H5F/c1-3-4-9-25(21)18(24-20)16-10-14(11-22-17(16)19)13-5-7-15(8-6-13)23-12(2)26;1-3-4(2)5/h3-8,10-11H,9,20-21H2,1-2H3,(H2,19,22)(H,23,26);3H,1-2H2/b4-3-,24-18-;. The zero-order valence-corrected chi connectivity index (χ0v) is 17.7. The highest BCUT2D eigenvalue weighted by Gasteiger charge is 2.15. The third-order valence-electron chi connectivity index (χ3n) is 3.85. The SMILES string of the molecule is C/C=C\CN(N)/C(=N\N)c1cc(-c2ccc(NC(C)=O)cc2)cnc1N.C=CC(=C)F. The Morgan fingerprint density at radius 2 is 1.94 bits per heavy atom. The molecule has 7 N–H and O–H groups in total. The Morgan fingerprint density at radius 1 is 1.32 bits per heavy atom. The molecule has 8 nitrogen and oxygen atoms in total. The number of aromatic nitrogens is 1. The molecule has 1 amide bonds. The van der Waals surface area contributed by atoms with Gasteiger partial charge in [-0.3, -0.25) is 9.80 Å². The average Bonchev–Trinajstić information content (AvgIpc) is 2.74. The molecule has 0 aliphatic heterocycles. The number of hydrazine groups is 1. The predicted octanol–water partition coefficient (Wildman–Crippen LogP) is 3.32. The number of hydrazone groups is 1. The van der Waals surface area contributed by atoms with Crippen LogP contribution in [0.15, 0.2) is 78.8 Å². The fourth-order valence-electron chi connectivity index (χ4n) is 2.37. The Bertz CT molecular complexity index is 968. The van der Waals surface area contributed by atoms with Crippen molar-refractivity contribution in [1.29, 1.82) is 0 Å². The van der Waals surface area contributed by atoms with Crippen LogP contribution in [-0.4, -0.2) is 28.3 Å². The maximum atomic E-state index is 11.1. The number of nitrogens with zero attached hydrogens (tertiary/aromatic N) is 3. The Hall–Kier alpha value is -3.98. The van der Waals surface area contributed by atoms with Gasteiger partial charge in [-0.25, -0.2) is 15.2 Å². The molecule has 0 radical (unpaired) electrons. The van der Waals surface area contributed by atoms with E-state index >= 15 is 0 Å². The molecule has 0 fully saturated rings. The highest BCUT2D eigenvalue weighted by molar-refractivity contribution is 6.03. The fraction of sp³-hybridized carbons (Fsp3) is 0.136. The number of hydrogen-bond acceptors (Lipinski definition) is 6. The van der Waals surface area contributed by atoms with Gasteiger partial charge < -0.3 is 16.9 Å². The maximum absolute atomic E-state index is 11.1. The van der Waals surface area contributed by atoms with Crippen molar-refractivity contribution in [2.75, 3.05) is 17.6 Å². The molecule has 0 aliphatic rings. The summed E-state index contributed by atoms with van der Waals surface area (Å²) >= 11 is 0. The van der Waals surface area contributed by atoms with Crippen LogP contribution in [-0.2, 0) is 4.79 Å². The molecule has 164 valence electrons. The third kappa shape index (κ3) is 8.11. The van der Waals surface area contributed by atoms with Gasteiger partial charge in [0.1, 0.15) is 11.6 Å². The quantitative estimate of drug-likeness (QED) is 0.140. The monoisotopic (exact) mass is 425 g/mol. The second-order valence-electron chi connectivity index (χ2n) is 6.24. The number of pyridine rings is 1. The van der Waals surface area contributed by atoms with Crippen LogP contribution in [0.3, 0.4) is 0 Å². The van der Waals surface area contributed by atoms with Crippen LogP contribution in [0.5, 0.6) is 0 Å². The highest BCUT2D eigenvalue weighted by Crippen LogP contribution is 2.24. The summed E-state index contributed by atoms with van der Waals surface area (Å²) in [4.78, 5) is 15.3. The highest BCUT2D eigenvalue weighted by atomic mass is 19.1. The van der Waals surface area contributed by atoms with Crippen molar-refractivity contribution in [3.63, 3.8) is 0 Å². The van der Waals surface area contributed by atoms with E-state index in [1.54, 1.807) is 6.20 Å². The molecule has 0 aliphatic carbocycles. The van der Waals surface area contributed by atoms with Crippen LogP contribution in [0, 0.1) is 0 Å². The van der Waals surface area contributed by atoms with Crippen molar-refractivity contribution >= 4 is 23.2 Å². The summed E-state index contributed by atoms with van der Waals surface area (Å²) in [6, 6.07) is 9.21. The molecule has 0 unspecified atom stereocenters. The minimum Gasteiger partial charge on any atom is -0.383 e. The van der Waals surface area contributed by atoms with E-state index in [1.165, 1.54) is 11.9 Å². The lowest BCUT2D eigenvalue weighted by molar-refractivity contribution is -0.114. The molecular weight excluding hydrogens is 397 g/mol. The van der Waals surface area contributed by atoms with Crippen LogP contribution in [0.4, 0.5) is 15.9 Å². The Labute approximate surface area is 181 Å². The number of nitrogens with two attached hydrogens (primary N) is 3. The van der Waals surface area contributed by atoms with E-state index in [1.807, 2.05) is 49.4 Å². The van der Waals surface area contributed by atoms with E-state index in [4.69, 9.17) is 17.4 Å². The van der Waals surface area contributed by atoms with Gasteiger partial charge in [-0.2, -0.15) is 5.10 Å². The number of amides is 1. The van der Waals surface area contributed by atoms with Crippen LogP contribution in [0.25, 0.3) is 11.1 Å². The normalized spacial score (nSPS) is 10.8. The van der Waals surface area contributed by atoms with E-state index in [9.17, 15) is 9.18 Å². The molecule has 2 aromatic rings. The maximum Gasteiger partial charge on any atom is 0.221 e. The van der Waals surface area contributed by atoms with Gasteiger partial charge in [0.15, 0.2) is 5.84 Å². The molecule has 0 saturated carbocycles. The van der Waals surface area contributed by atoms with Gasteiger partial charge in [0.25, 0.3) is 0 Å². The van der Waals surface area contributed by atoms with E-state index in [0.29, 0.717) is 23.6 Å². The minimum absolute atomic E-state index is 0.123. The number of hydrogen-bond donors (Lipinski definition) is 4. The summed E-state index contributed by atoms with van der Waals surface area (Å²) < 4.78 is 11.1. The van der Waals surface area contributed by atoms with Crippen molar-refractivity contribution in [2.45, 2.75) is 13.8 Å². The lowest BCUT2D eigenvalue weighted by Crippen LogP contribution is -2.39. The molecule has 0 atom stereocenters. The average molecular weight is 426 g/mol. The fourth-order valence-corrected chi connectivity index (χ4v) is 2.37. The molecule has 31 heavy (non-hydrogen) atoms. The molecule has 1 aromatic heterocycles. The van der Waals surface area contributed by atoms with Crippen molar-refractivity contribution < 1.29 is 9.18 Å². The van der Waals surface area contributed by atoms with Crippen LogP contribution < -0.4 is 22.7 Å². The van der Waals surface area contributed by atoms with Gasteiger partial charge in [0, 0.05) is 24.4 Å². The molecule has 0 saturated heterocycles. The number of nitrogens with one attached hydrogen (secondary N) is 1. The largest absolute Gasteiger partial charge is 0.383 e. The zero-order chi connectivity index (χ0) is 23.4. The van der Waals surface area contributed by atoms with E-state index < -0.39 is 5.83 Å². The number of halogens is 1. The molecule has 1 heterocycles. The zero-order valence-electron chi connectivity index (χ0n) is 17.7. The van der Waals surface area contributed by atoms with Crippen LogP contribution in [0.2, 0.25) is 0 Å². The number of anilines is 2. The van der Waals surface area contributed by atoms with Gasteiger partial charge in [0.2, 0.25) is 5.91 Å². The topological polar surface area (TPSA) is 136 Å². The van der Waals surface area contributed by atoms with Crippen molar-refractivity contribution in [3.05, 3.63) is 79.3 Å². The van der Waals surface area contributed by atoms with Crippen molar-refractivity contribution in [2.24, 2.45) is 16.8 Å². The van der Waals surface area contributed by atoms with Crippen molar-refractivity contribution in [1.82, 2.24) is 9.99 Å². The number of benzene rings is 1. The molecule has 0 bridgehead atoms. The van der Waals surface area contributed by atoms with Crippen molar-refractivity contribution in [3.8, 4) is 11.1 Å². The van der Waals surface area contributed by atoms with Gasteiger partial charge >= 0.3 is 0 Å².